The number of methoxy groups -OCH3 is 1. The van der Waals surface area contributed by atoms with Crippen LogP contribution in [0.5, 0.6) is 0 Å². The number of pyridine rings is 1. The van der Waals surface area contributed by atoms with Crippen LogP contribution < -0.4 is 5.32 Å². The highest BCUT2D eigenvalue weighted by atomic mass is 35.5. The zero-order valence-corrected chi connectivity index (χ0v) is 13.5. The number of hydrogen-bond acceptors (Lipinski definition) is 4. The Kier molecular flexibility index (Phi) is 4.17. The number of fused-ring (bicyclic) bond motifs is 1. The molecule has 0 aliphatic rings. The average Bonchev–Trinajstić information content (AvgIpc) is 2.57. The Morgan fingerprint density at radius 3 is 2.52 bits per heavy atom. The normalized spacial score (nSPS) is 10.6. The molecule has 2 aromatic carbocycles. The van der Waals surface area contributed by atoms with Gasteiger partial charge in [0, 0.05) is 16.1 Å². The van der Waals surface area contributed by atoms with Crippen molar-refractivity contribution >= 4 is 40.0 Å². The molecule has 0 amide bonds. The first-order chi connectivity index (χ1) is 11.1. The van der Waals surface area contributed by atoms with Crippen LogP contribution in [0.4, 0.5) is 11.5 Å². The molecule has 5 heteroatoms. The van der Waals surface area contributed by atoms with E-state index in [4.69, 9.17) is 16.3 Å². The molecule has 1 N–H and O–H groups in total. The topological polar surface area (TPSA) is 51.2 Å². The van der Waals surface area contributed by atoms with Crippen molar-refractivity contribution in [1.29, 1.82) is 0 Å². The van der Waals surface area contributed by atoms with Gasteiger partial charge in [-0.2, -0.15) is 0 Å². The number of ether oxygens (including phenoxy) is 1. The molecule has 0 saturated carbocycles. The second-order valence-electron chi connectivity index (χ2n) is 5.10. The van der Waals surface area contributed by atoms with E-state index in [1.54, 1.807) is 12.1 Å². The summed E-state index contributed by atoms with van der Waals surface area (Å²) in [5.41, 5.74) is 2.87. The van der Waals surface area contributed by atoms with Crippen molar-refractivity contribution < 1.29 is 9.53 Å². The summed E-state index contributed by atoms with van der Waals surface area (Å²) in [6.45, 7) is 1.89. The number of esters is 1. The van der Waals surface area contributed by atoms with Crippen molar-refractivity contribution in [3.05, 3.63) is 64.7 Å². The van der Waals surface area contributed by atoms with Crippen LogP contribution in [0.15, 0.2) is 48.5 Å². The molecule has 0 spiro atoms. The predicted octanol–water partition coefficient (Wildman–Crippen LogP) is 4.73. The molecule has 0 fully saturated rings. The molecule has 0 aliphatic carbocycles. The Morgan fingerprint density at radius 1 is 1.13 bits per heavy atom. The zero-order valence-electron chi connectivity index (χ0n) is 12.8. The molecule has 0 bridgehead atoms. The quantitative estimate of drug-likeness (QED) is 0.707. The minimum Gasteiger partial charge on any atom is -0.465 e. The summed E-state index contributed by atoms with van der Waals surface area (Å²) in [5.74, 6) is 0.0487. The first-order valence-electron chi connectivity index (χ1n) is 7.10. The molecule has 3 rings (SSSR count). The predicted molar refractivity (Wildman–Crippen MR) is 92.6 cm³/mol. The van der Waals surface area contributed by atoms with Gasteiger partial charge in [-0.05, 0) is 42.8 Å². The van der Waals surface area contributed by atoms with E-state index in [9.17, 15) is 4.79 Å². The summed E-state index contributed by atoms with van der Waals surface area (Å²) in [5, 5.41) is 4.75. The highest BCUT2D eigenvalue weighted by Gasteiger charge is 2.19. The van der Waals surface area contributed by atoms with Crippen LogP contribution in [0.2, 0.25) is 5.02 Å². The molecule has 0 radical (unpaired) electrons. The number of halogens is 1. The standard InChI is InChI=1S/C18H15ClN2O2/c1-11-14-5-3-4-6-15(14)21-17(16(11)18(22)23-2)20-13-9-7-12(19)8-10-13/h3-10H,1-2H3,(H,20,21). The summed E-state index contributed by atoms with van der Waals surface area (Å²) in [6, 6.07) is 14.9. The largest absolute Gasteiger partial charge is 0.465 e. The zero-order chi connectivity index (χ0) is 16.4. The summed E-state index contributed by atoms with van der Waals surface area (Å²) < 4.78 is 4.92. The minimum atomic E-state index is -0.419. The van der Waals surface area contributed by atoms with E-state index < -0.39 is 5.97 Å². The molecule has 1 aromatic heterocycles. The Hall–Kier alpha value is -2.59. The number of rotatable bonds is 3. The number of anilines is 2. The number of aromatic nitrogens is 1. The lowest BCUT2D eigenvalue weighted by molar-refractivity contribution is 0.0601. The molecular weight excluding hydrogens is 312 g/mol. The molecule has 1 heterocycles. The number of carbonyl (C=O) groups excluding carboxylic acids is 1. The molecule has 4 nitrogen and oxygen atoms in total. The monoisotopic (exact) mass is 326 g/mol. The van der Waals surface area contributed by atoms with Crippen molar-refractivity contribution in [1.82, 2.24) is 4.98 Å². The van der Waals surface area contributed by atoms with Crippen LogP contribution in [0.25, 0.3) is 10.9 Å². The lowest BCUT2D eigenvalue weighted by Gasteiger charge is -2.14. The van der Waals surface area contributed by atoms with Gasteiger partial charge in [-0.15, -0.1) is 0 Å². The lowest BCUT2D eigenvalue weighted by atomic mass is 10.0. The van der Waals surface area contributed by atoms with Gasteiger partial charge >= 0.3 is 5.97 Å². The first-order valence-corrected chi connectivity index (χ1v) is 7.48. The number of benzene rings is 2. The Labute approximate surface area is 139 Å². The van der Waals surface area contributed by atoms with Crippen LogP contribution in [0.3, 0.4) is 0 Å². The fourth-order valence-electron chi connectivity index (χ4n) is 2.49. The van der Waals surface area contributed by atoms with E-state index in [0.717, 1.165) is 22.2 Å². The molecule has 0 aliphatic heterocycles. The summed E-state index contributed by atoms with van der Waals surface area (Å²) in [6.07, 6.45) is 0. The van der Waals surface area contributed by atoms with Gasteiger partial charge in [-0.3, -0.25) is 0 Å². The van der Waals surface area contributed by atoms with E-state index in [2.05, 4.69) is 10.3 Å². The van der Waals surface area contributed by atoms with Gasteiger partial charge in [-0.1, -0.05) is 29.8 Å². The van der Waals surface area contributed by atoms with Gasteiger partial charge in [0.2, 0.25) is 0 Å². The SMILES string of the molecule is COC(=O)c1c(Nc2ccc(Cl)cc2)nc2ccccc2c1C. The summed E-state index contributed by atoms with van der Waals surface area (Å²) in [4.78, 5) is 16.8. The number of nitrogens with one attached hydrogen (secondary N) is 1. The molecule has 0 atom stereocenters. The van der Waals surface area contributed by atoms with Crippen LogP contribution in [-0.4, -0.2) is 18.1 Å². The van der Waals surface area contributed by atoms with Crippen LogP contribution in [0.1, 0.15) is 15.9 Å². The number of carbonyl (C=O) groups is 1. The highest BCUT2D eigenvalue weighted by molar-refractivity contribution is 6.30. The van der Waals surface area contributed by atoms with Gasteiger partial charge in [0.1, 0.15) is 11.4 Å². The van der Waals surface area contributed by atoms with E-state index in [0.29, 0.717) is 16.4 Å². The maximum Gasteiger partial charge on any atom is 0.341 e. The van der Waals surface area contributed by atoms with Crippen molar-refractivity contribution in [2.75, 3.05) is 12.4 Å². The van der Waals surface area contributed by atoms with Gasteiger partial charge in [0.25, 0.3) is 0 Å². The van der Waals surface area contributed by atoms with E-state index in [1.165, 1.54) is 7.11 Å². The first kappa shape index (κ1) is 15.3. The number of hydrogen-bond donors (Lipinski definition) is 1. The van der Waals surface area contributed by atoms with Gasteiger partial charge < -0.3 is 10.1 Å². The van der Waals surface area contributed by atoms with Crippen LogP contribution in [0, 0.1) is 6.92 Å². The molecule has 23 heavy (non-hydrogen) atoms. The maximum atomic E-state index is 12.2. The molecular formula is C18H15ClN2O2. The fourth-order valence-corrected chi connectivity index (χ4v) is 2.62. The van der Waals surface area contributed by atoms with Gasteiger partial charge in [-0.25, -0.2) is 9.78 Å². The van der Waals surface area contributed by atoms with Gasteiger partial charge in [0.05, 0.1) is 12.6 Å². The van der Waals surface area contributed by atoms with Crippen molar-refractivity contribution in [3.63, 3.8) is 0 Å². The van der Waals surface area contributed by atoms with Crippen molar-refractivity contribution in [2.24, 2.45) is 0 Å². The fraction of sp³-hybridized carbons (Fsp3) is 0.111. The van der Waals surface area contributed by atoms with Crippen LogP contribution in [-0.2, 0) is 4.74 Å². The third-order valence-electron chi connectivity index (χ3n) is 3.65. The smallest absolute Gasteiger partial charge is 0.341 e. The number of nitrogens with zero attached hydrogens (tertiary/aromatic N) is 1. The Balaban J connectivity index is 2.17. The molecule has 116 valence electrons. The van der Waals surface area contributed by atoms with Crippen LogP contribution >= 0.6 is 11.6 Å². The Morgan fingerprint density at radius 2 is 1.83 bits per heavy atom. The third-order valence-corrected chi connectivity index (χ3v) is 3.90. The van der Waals surface area contributed by atoms with E-state index in [1.807, 2.05) is 43.3 Å². The molecule has 0 unspecified atom stereocenters. The highest BCUT2D eigenvalue weighted by Crippen LogP contribution is 2.29. The molecule has 0 saturated heterocycles. The number of aryl methyl sites for hydroxylation is 1. The van der Waals surface area contributed by atoms with E-state index in [-0.39, 0.29) is 0 Å². The molecule has 3 aromatic rings. The Bertz CT molecular complexity index is 876. The second-order valence-corrected chi connectivity index (χ2v) is 5.54. The third kappa shape index (κ3) is 2.98. The van der Waals surface area contributed by atoms with Gasteiger partial charge in [0.15, 0.2) is 0 Å². The van der Waals surface area contributed by atoms with E-state index >= 15 is 0 Å². The second kappa shape index (κ2) is 6.26. The lowest BCUT2D eigenvalue weighted by Crippen LogP contribution is -2.10. The summed E-state index contributed by atoms with van der Waals surface area (Å²) >= 11 is 5.90. The van der Waals surface area contributed by atoms with Crippen molar-refractivity contribution in [2.45, 2.75) is 6.92 Å². The number of para-hydroxylation sites is 1. The minimum absolute atomic E-state index is 0.419. The maximum absolute atomic E-state index is 12.2. The summed E-state index contributed by atoms with van der Waals surface area (Å²) in [7, 11) is 1.36. The van der Waals surface area contributed by atoms with Crippen molar-refractivity contribution in [3.8, 4) is 0 Å². The average molecular weight is 327 g/mol.